The van der Waals surface area contributed by atoms with Crippen LogP contribution in [0.25, 0.3) is 0 Å². The number of rotatable bonds is 13. The van der Waals surface area contributed by atoms with Crippen LogP contribution in [0.2, 0.25) is 0 Å². The van der Waals surface area contributed by atoms with Crippen LogP contribution in [0.5, 0.6) is 0 Å². The number of hydrogen-bond acceptors (Lipinski definition) is 2. The molecule has 128 valence electrons. The highest BCUT2D eigenvalue weighted by Crippen LogP contribution is 2.31. The van der Waals surface area contributed by atoms with E-state index >= 15 is 0 Å². The topological polar surface area (TPSA) is 15.3 Å². The molecular formula is C19H42N2. The predicted octanol–water partition coefficient (Wildman–Crippen LogP) is 5.08. The number of hydrogen-bond donors (Lipinski definition) is 1. The summed E-state index contributed by atoms with van der Waals surface area (Å²) in [5, 5.41) is 3.89. The van der Waals surface area contributed by atoms with Crippen molar-refractivity contribution in [2.45, 2.75) is 97.6 Å². The molecule has 0 bridgehead atoms. The molecule has 0 heterocycles. The Hall–Kier alpha value is -0.0800. The molecule has 0 aliphatic heterocycles. The van der Waals surface area contributed by atoms with Gasteiger partial charge in [-0.3, -0.25) is 0 Å². The van der Waals surface area contributed by atoms with E-state index in [1.807, 2.05) is 0 Å². The molecule has 0 aromatic heterocycles. The van der Waals surface area contributed by atoms with Gasteiger partial charge in [-0.1, -0.05) is 60.3 Å². The summed E-state index contributed by atoms with van der Waals surface area (Å²) in [4.78, 5) is 2.48. The van der Waals surface area contributed by atoms with Gasteiger partial charge in [-0.15, -0.1) is 0 Å². The molecule has 2 atom stereocenters. The second kappa shape index (κ2) is 11.5. The molecule has 0 aromatic rings. The minimum atomic E-state index is 0.300. The van der Waals surface area contributed by atoms with Gasteiger partial charge < -0.3 is 10.2 Å². The molecule has 0 aromatic carbocycles. The number of nitrogens with one attached hydrogen (secondary N) is 1. The lowest BCUT2D eigenvalue weighted by atomic mass is 9.77. The van der Waals surface area contributed by atoms with E-state index < -0.39 is 0 Å². The van der Waals surface area contributed by atoms with Crippen molar-refractivity contribution in [2.24, 2.45) is 5.92 Å². The third-order valence-corrected chi connectivity index (χ3v) is 5.52. The lowest BCUT2D eigenvalue weighted by molar-refractivity contribution is 0.0742. The highest BCUT2D eigenvalue weighted by molar-refractivity contribution is 4.97. The van der Waals surface area contributed by atoms with Crippen molar-refractivity contribution in [3.63, 3.8) is 0 Å². The van der Waals surface area contributed by atoms with Gasteiger partial charge in [-0.25, -0.2) is 0 Å². The van der Waals surface area contributed by atoms with Crippen molar-refractivity contribution in [1.29, 1.82) is 0 Å². The molecule has 2 heteroatoms. The predicted molar refractivity (Wildman–Crippen MR) is 97.0 cm³/mol. The number of likely N-dealkylation sites (N-methyl/N-ethyl adjacent to an activating group) is 1. The van der Waals surface area contributed by atoms with Crippen LogP contribution >= 0.6 is 0 Å². The zero-order valence-corrected chi connectivity index (χ0v) is 16.0. The highest BCUT2D eigenvalue weighted by Gasteiger charge is 2.38. The van der Waals surface area contributed by atoms with Crippen LogP contribution in [0.3, 0.4) is 0 Å². The average molecular weight is 299 g/mol. The van der Waals surface area contributed by atoms with E-state index in [4.69, 9.17) is 0 Å². The smallest absolute Gasteiger partial charge is 0.0351 e. The molecule has 0 saturated carbocycles. The van der Waals surface area contributed by atoms with Crippen LogP contribution in [0.1, 0.15) is 86.0 Å². The monoisotopic (exact) mass is 298 g/mol. The van der Waals surface area contributed by atoms with Crippen LogP contribution in [0.4, 0.5) is 0 Å². The molecule has 0 amide bonds. The third kappa shape index (κ3) is 6.28. The fourth-order valence-corrected chi connectivity index (χ4v) is 3.81. The van der Waals surface area contributed by atoms with E-state index in [-0.39, 0.29) is 0 Å². The molecule has 1 N–H and O–H groups in total. The van der Waals surface area contributed by atoms with Gasteiger partial charge in [-0.05, 0) is 52.2 Å². The van der Waals surface area contributed by atoms with E-state index in [0.717, 1.165) is 12.5 Å². The Kier molecular flexibility index (Phi) is 11.4. The summed E-state index contributed by atoms with van der Waals surface area (Å²) in [5.41, 5.74) is 0.300. The molecule has 0 spiro atoms. The summed E-state index contributed by atoms with van der Waals surface area (Å²) in [6, 6.07) is 0.615. The molecule has 0 fully saturated rings. The zero-order valence-electron chi connectivity index (χ0n) is 16.0. The molecule has 0 radical (unpaired) electrons. The Labute approximate surface area is 135 Å². The minimum absolute atomic E-state index is 0.300. The quantitative estimate of drug-likeness (QED) is 0.510. The molecular weight excluding hydrogens is 256 g/mol. The first-order valence-corrected chi connectivity index (χ1v) is 9.42. The van der Waals surface area contributed by atoms with Crippen molar-refractivity contribution in [2.75, 3.05) is 20.6 Å². The first kappa shape index (κ1) is 20.9. The van der Waals surface area contributed by atoms with Gasteiger partial charge in [0.1, 0.15) is 0 Å². The Balaban J connectivity index is 5.04. The highest BCUT2D eigenvalue weighted by atomic mass is 15.2. The molecule has 0 saturated heterocycles. The molecule has 0 aliphatic rings. The van der Waals surface area contributed by atoms with Crippen LogP contribution in [0, 0.1) is 5.92 Å². The Morgan fingerprint density at radius 1 is 0.952 bits per heavy atom. The minimum Gasteiger partial charge on any atom is -0.312 e. The van der Waals surface area contributed by atoms with Crippen LogP contribution in [-0.2, 0) is 0 Å². The van der Waals surface area contributed by atoms with Gasteiger partial charge in [0.2, 0.25) is 0 Å². The zero-order chi connectivity index (χ0) is 16.3. The first-order chi connectivity index (χ1) is 10.0. The second-order valence-electron chi connectivity index (χ2n) is 6.86. The summed E-state index contributed by atoms with van der Waals surface area (Å²) in [6.45, 7) is 12.8. The maximum absolute atomic E-state index is 3.89. The molecule has 0 rings (SSSR count). The Morgan fingerprint density at radius 3 is 1.95 bits per heavy atom. The van der Waals surface area contributed by atoms with Gasteiger partial charge in [0, 0.05) is 11.6 Å². The first-order valence-electron chi connectivity index (χ1n) is 9.42. The molecule has 2 nitrogen and oxygen atoms in total. The van der Waals surface area contributed by atoms with Crippen molar-refractivity contribution in [1.82, 2.24) is 10.2 Å². The lowest BCUT2D eigenvalue weighted by Crippen LogP contribution is -2.59. The SMILES string of the molecule is CCCCC(CC)CC(NCCC)C(CC)(CC)N(C)C. The van der Waals surface area contributed by atoms with Gasteiger partial charge in [-0.2, -0.15) is 0 Å². The van der Waals surface area contributed by atoms with Gasteiger partial charge in [0.15, 0.2) is 0 Å². The van der Waals surface area contributed by atoms with E-state index in [0.29, 0.717) is 11.6 Å². The Bertz CT molecular complexity index is 234. The maximum atomic E-state index is 3.89. The fraction of sp³-hybridized carbons (Fsp3) is 1.00. The van der Waals surface area contributed by atoms with Crippen molar-refractivity contribution in [3.8, 4) is 0 Å². The van der Waals surface area contributed by atoms with Crippen molar-refractivity contribution < 1.29 is 0 Å². The largest absolute Gasteiger partial charge is 0.312 e. The van der Waals surface area contributed by atoms with Gasteiger partial charge >= 0.3 is 0 Å². The molecule has 0 aliphatic carbocycles. The maximum Gasteiger partial charge on any atom is 0.0351 e. The fourth-order valence-electron chi connectivity index (χ4n) is 3.81. The average Bonchev–Trinajstić information content (AvgIpc) is 2.49. The van der Waals surface area contributed by atoms with Gasteiger partial charge in [0.05, 0.1) is 0 Å². The van der Waals surface area contributed by atoms with Crippen molar-refractivity contribution in [3.05, 3.63) is 0 Å². The molecule has 2 unspecified atom stereocenters. The standard InChI is InChI=1S/C19H42N2/c1-8-13-14-17(10-3)16-18(20-15-9-2)19(11-4,12-5)21(6)7/h17-18,20H,8-16H2,1-7H3. The van der Waals surface area contributed by atoms with E-state index in [1.165, 1.54) is 51.4 Å². The van der Waals surface area contributed by atoms with Crippen molar-refractivity contribution >= 4 is 0 Å². The van der Waals surface area contributed by atoms with Crippen LogP contribution < -0.4 is 5.32 Å². The van der Waals surface area contributed by atoms with E-state index in [9.17, 15) is 0 Å². The number of unbranched alkanes of at least 4 members (excludes halogenated alkanes) is 1. The normalized spacial score (nSPS) is 15.4. The lowest BCUT2D eigenvalue weighted by Gasteiger charge is -2.47. The van der Waals surface area contributed by atoms with Gasteiger partial charge in [0.25, 0.3) is 0 Å². The third-order valence-electron chi connectivity index (χ3n) is 5.52. The Morgan fingerprint density at radius 2 is 1.57 bits per heavy atom. The van der Waals surface area contributed by atoms with E-state index in [2.05, 4.69) is 58.9 Å². The summed E-state index contributed by atoms with van der Waals surface area (Å²) >= 11 is 0. The number of nitrogens with zero attached hydrogens (tertiary/aromatic N) is 1. The summed E-state index contributed by atoms with van der Waals surface area (Å²) in [7, 11) is 4.53. The molecule has 21 heavy (non-hydrogen) atoms. The summed E-state index contributed by atoms with van der Waals surface area (Å²) in [6.07, 6.45) is 10.4. The van der Waals surface area contributed by atoms with E-state index in [1.54, 1.807) is 0 Å². The second-order valence-corrected chi connectivity index (χ2v) is 6.86. The summed E-state index contributed by atoms with van der Waals surface area (Å²) < 4.78 is 0. The summed E-state index contributed by atoms with van der Waals surface area (Å²) in [5.74, 6) is 0.872. The van der Waals surface area contributed by atoms with Crippen LogP contribution in [-0.4, -0.2) is 37.1 Å². The van der Waals surface area contributed by atoms with Crippen LogP contribution in [0.15, 0.2) is 0 Å².